The first-order chi connectivity index (χ1) is 8.81. The normalized spacial score (nSPS) is 12.5. The van der Waals surface area contributed by atoms with Gasteiger partial charge in [0, 0.05) is 22.7 Å². The predicted molar refractivity (Wildman–Crippen MR) is 73.3 cm³/mol. The topological polar surface area (TPSA) is 38.7 Å². The van der Waals surface area contributed by atoms with Crippen LogP contribution in [0.1, 0.15) is 11.3 Å². The van der Waals surface area contributed by atoms with Crippen LogP contribution in [0.3, 0.4) is 0 Å². The van der Waals surface area contributed by atoms with Gasteiger partial charge in [-0.3, -0.25) is 0 Å². The molecule has 0 atom stereocenters. The molecule has 0 aliphatic heterocycles. The van der Waals surface area contributed by atoms with E-state index in [1.54, 1.807) is 6.20 Å². The second-order valence-electron chi connectivity index (χ2n) is 4.35. The third-order valence-electron chi connectivity index (χ3n) is 3.19. The zero-order valence-corrected chi connectivity index (χ0v) is 11.0. The summed E-state index contributed by atoms with van der Waals surface area (Å²) in [5.41, 5.74) is 6.05. The second-order valence-corrected chi connectivity index (χ2v) is 5.26. The fraction of sp³-hybridized carbons (Fsp3) is 0.0714. The molecule has 0 saturated carbocycles. The van der Waals surface area contributed by atoms with E-state index in [9.17, 15) is 0 Å². The van der Waals surface area contributed by atoms with E-state index in [1.807, 2.05) is 12.1 Å². The summed E-state index contributed by atoms with van der Waals surface area (Å²) in [7, 11) is 0. The molecule has 86 valence electrons. The van der Waals surface area contributed by atoms with E-state index in [0.29, 0.717) is 5.65 Å². The van der Waals surface area contributed by atoms with Crippen LogP contribution < -0.4 is 0 Å². The van der Waals surface area contributed by atoms with Gasteiger partial charge in [-0.25, -0.2) is 15.0 Å². The van der Waals surface area contributed by atoms with Crippen LogP contribution in [-0.4, -0.2) is 15.0 Å². The zero-order chi connectivity index (χ0) is 12.1. The molecule has 2 heterocycles. The van der Waals surface area contributed by atoms with Crippen LogP contribution in [0.2, 0.25) is 0 Å². The second kappa shape index (κ2) is 3.59. The summed E-state index contributed by atoms with van der Waals surface area (Å²) >= 11 is 3.41. The van der Waals surface area contributed by atoms with E-state index in [0.717, 1.165) is 27.8 Å². The van der Waals surface area contributed by atoms with Crippen LogP contribution in [-0.2, 0) is 6.42 Å². The minimum atomic E-state index is 0.702. The van der Waals surface area contributed by atoms with E-state index in [4.69, 9.17) is 0 Å². The van der Waals surface area contributed by atoms with Gasteiger partial charge < -0.3 is 0 Å². The van der Waals surface area contributed by atoms with E-state index >= 15 is 0 Å². The summed E-state index contributed by atoms with van der Waals surface area (Å²) in [5, 5.41) is 0. The van der Waals surface area contributed by atoms with Gasteiger partial charge in [0.15, 0.2) is 5.65 Å². The molecule has 1 aromatic carbocycles. The summed E-state index contributed by atoms with van der Waals surface area (Å²) in [4.78, 5) is 13.6. The summed E-state index contributed by atoms with van der Waals surface area (Å²) in [6, 6.07) is 10.3. The SMILES string of the molecule is Brc1cnc2nc3c(nc2c1)Cc1ccccc1-3. The van der Waals surface area contributed by atoms with E-state index < -0.39 is 0 Å². The van der Waals surface area contributed by atoms with Crippen molar-refractivity contribution in [3.8, 4) is 11.3 Å². The van der Waals surface area contributed by atoms with Gasteiger partial charge in [-0.05, 0) is 27.6 Å². The molecule has 3 aromatic rings. The maximum Gasteiger partial charge on any atom is 0.178 e. The number of halogens is 1. The van der Waals surface area contributed by atoms with E-state index in [1.165, 1.54) is 11.1 Å². The first-order valence-corrected chi connectivity index (χ1v) is 6.51. The average Bonchev–Trinajstić information content (AvgIpc) is 2.73. The highest BCUT2D eigenvalue weighted by molar-refractivity contribution is 9.10. The number of hydrogen-bond acceptors (Lipinski definition) is 3. The lowest BCUT2D eigenvalue weighted by atomic mass is 10.1. The summed E-state index contributed by atoms with van der Waals surface area (Å²) in [6.07, 6.45) is 2.62. The summed E-state index contributed by atoms with van der Waals surface area (Å²) in [6.45, 7) is 0. The van der Waals surface area contributed by atoms with Crippen LogP contribution in [0.25, 0.3) is 22.4 Å². The number of hydrogen-bond donors (Lipinski definition) is 0. The lowest BCUT2D eigenvalue weighted by Crippen LogP contribution is -1.94. The molecule has 1 aliphatic rings. The van der Waals surface area contributed by atoms with Gasteiger partial charge in [0.2, 0.25) is 0 Å². The van der Waals surface area contributed by atoms with Crippen molar-refractivity contribution in [3.63, 3.8) is 0 Å². The molecule has 0 bridgehead atoms. The van der Waals surface area contributed by atoms with Crippen LogP contribution in [0.5, 0.6) is 0 Å². The highest BCUT2D eigenvalue weighted by Crippen LogP contribution is 2.34. The van der Waals surface area contributed by atoms with Crippen LogP contribution in [0.4, 0.5) is 0 Å². The van der Waals surface area contributed by atoms with E-state index in [2.05, 4.69) is 49.1 Å². The largest absolute Gasteiger partial charge is 0.247 e. The monoisotopic (exact) mass is 297 g/mol. The molecule has 0 unspecified atom stereocenters. The Morgan fingerprint density at radius 2 is 2.00 bits per heavy atom. The van der Waals surface area contributed by atoms with Crippen molar-refractivity contribution in [2.45, 2.75) is 6.42 Å². The molecule has 0 N–H and O–H groups in total. The predicted octanol–water partition coefficient (Wildman–Crippen LogP) is 3.36. The van der Waals surface area contributed by atoms with Gasteiger partial charge in [-0.2, -0.15) is 0 Å². The highest BCUT2D eigenvalue weighted by atomic mass is 79.9. The molecule has 0 fully saturated rings. The van der Waals surface area contributed by atoms with Crippen molar-refractivity contribution < 1.29 is 0 Å². The van der Waals surface area contributed by atoms with Gasteiger partial charge in [0.05, 0.1) is 11.4 Å². The Morgan fingerprint density at radius 1 is 1.11 bits per heavy atom. The van der Waals surface area contributed by atoms with Crippen LogP contribution >= 0.6 is 15.9 Å². The Hall–Kier alpha value is -1.81. The lowest BCUT2D eigenvalue weighted by molar-refractivity contribution is 1.11. The molecule has 3 nitrogen and oxygen atoms in total. The van der Waals surface area contributed by atoms with Gasteiger partial charge in [-0.1, -0.05) is 24.3 Å². The Bertz CT molecular complexity index is 783. The molecular formula is C14H8BrN3. The van der Waals surface area contributed by atoms with Crippen molar-refractivity contribution in [2.24, 2.45) is 0 Å². The number of fused-ring (bicyclic) bond motifs is 4. The van der Waals surface area contributed by atoms with E-state index in [-0.39, 0.29) is 0 Å². The zero-order valence-electron chi connectivity index (χ0n) is 9.39. The third-order valence-corrected chi connectivity index (χ3v) is 3.62. The third kappa shape index (κ3) is 1.39. The quantitative estimate of drug-likeness (QED) is 0.499. The summed E-state index contributed by atoms with van der Waals surface area (Å²) in [5.74, 6) is 0. The average molecular weight is 298 g/mol. The molecule has 2 aromatic heterocycles. The molecule has 0 amide bonds. The fourth-order valence-electron chi connectivity index (χ4n) is 2.38. The Morgan fingerprint density at radius 3 is 2.94 bits per heavy atom. The van der Waals surface area contributed by atoms with Crippen LogP contribution in [0, 0.1) is 0 Å². The number of aromatic nitrogens is 3. The summed E-state index contributed by atoms with van der Waals surface area (Å²) < 4.78 is 0.930. The Kier molecular flexibility index (Phi) is 2.02. The molecule has 18 heavy (non-hydrogen) atoms. The van der Waals surface area contributed by atoms with Crippen molar-refractivity contribution in [3.05, 3.63) is 52.3 Å². The standard InChI is InChI=1S/C14H8BrN3/c15-9-6-12-14(16-7-9)18-13-10-4-2-1-3-8(10)5-11(13)17-12/h1-4,6-7H,5H2. The minimum Gasteiger partial charge on any atom is -0.247 e. The first kappa shape index (κ1) is 10.1. The maximum atomic E-state index is 4.68. The lowest BCUT2D eigenvalue weighted by Gasteiger charge is -2.02. The maximum absolute atomic E-state index is 4.68. The first-order valence-electron chi connectivity index (χ1n) is 5.72. The number of benzene rings is 1. The highest BCUT2D eigenvalue weighted by Gasteiger charge is 2.21. The number of nitrogens with zero attached hydrogens (tertiary/aromatic N) is 3. The van der Waals surface area contributed by atoms with Crippen molar-refractivity contribution in [1.82, 2.24) is 15.0 Å². The van der Waals surface area contributed by atoms with Gasteiger partial charge in [-0.15, -0.1) is 0 Å². The molecule has 0 spiro atoms. The van der Waals surface area contributed by atoms with Crippen molar-refractivity contribution in [1.29, 1.82) is 0 Å². The van der Waals surface area contributed by atoms with Gasteiger partial charge in [0.25, 0.3) is 0 Å². The van der Waals surface area contributed by atoms with Gasteiger partial charge >= 0.3 is 0 Å². The molecular weight excluding hydrogens is 290 g/mol. The van der Waals surface area contributed by atoms with Crippen LogP contribution in [0.15, 0.2) is 41.0 Å². The number of rotatable bonds is 0. The Labute approximate surface area is 112 Å². The molecule has 4 rings (SSSR count). The van der Waals surface area contributed by atoms with Gasteiger partial charge in [0.1, 0.15) is 5.52 Å². The Balaban J connectivity index is 2.04. The van der Waals surface area contributed by atoms with Crippen molar-refractivity contribution >= 4 is 27.1 Å². The minimum absolute atomic E-state index is 0.702. The molecule has 4 heteroatoms. The molecule has 0 radical (unpaired) electrons. The molecule has 1 aliphatic carbocycles. The molecule has 0 saturated heterocycles. The number of pyridine rings is 1. The fourth-order valence-corrected chi connectivity index (χ4v) is 2.70. The van der Waals surface area contributed by atoms with Crippen molar-refractivity contribution in [2.75, 3.05) is 0 Å². The smallest absolute Gasteiger partial charge is 0.178 e.